The number of nitrogens with one attached hydrogen (secondary N) is 1. The lowest BCUT2D eigenvalue weighted by Gasteiger charge is -2.27. The molecule has 1 N–H and O–H groups in total. The zero-order valence-electron chi connectivity index (χ0n) is 17.5. The maximum Gasteiger partial charge on any atom is 0.325 e. The Bertz CT molecular complexity index is 963. The fraction of sp³-hybridized carbons (Fsp3) is 0.348. The summed E-state index contributed by atoms with van der Waals surface area (Å²) in [7, 11) is 1.55. The molecule has 31 heavy (non-hydrogen) atoms. The van der Waals surface area contributed by atoms with Gasteiger partial charge in [0.15, 0.2) is 0 Å². The van der Waals surface area contributed by atoms with Crippen molar-refractivity contribution in [3.8, 4) is 0 Å². The summed E-state index contributed by atoms with van der Waals surface area (Å²) >= 11 is 0. The van der Waals surface area contributed by atoms with E-state index in [9.17, 15) is 23.2 Å². The number of carbonyl (C=O) groups is 3. The minimum Gasteiger partial charge on any atom is -0.340 e. The third-order valence-electron chi connectivity index (χ3n) is 5.47. The molecule has 2 aromatic rings. The molecule has 0 aromatic heterocycles. The largest absolute Gasteiger partial charge is 0.340 e. The Kier molecular flexibility index (Phi) is 6.68. The van der Waals surface area contributed by atoms with Crippen LogP contribution in [0.3, 0.4) is 0 Å². The number of hydrogen-bond acceptors (Lipinski definition) is 3. The fourth-order valence-electron chi connectivity index (χ4n) is 3.66. The number of rotatable bonds is 8. The third kappa shape index (κ3) is 4.73. The number of likely N-dealkylation sites (N-methyl/N-ethyl adjacent to an activating group) is 1. The van der Waals surface area contributed by atoms with E-state index in [2.05, 4.69) is 5.32 Å². The van der Waals surface area contributed by atoms with Crippen LogP contribution in [0.5, 0.6) is 0 Å². The van der Waals surface area contributed by atoms with Crippen LogP contribution in [0.2, 0.25) is 0 Å². The van der Waals surface area contributed by atoms with Crippen molar-refractivity contribution in [3.05, 3.63) is 71.3 Å². The third-order valence-corrected chi connectivity index (χ3v) is 5.47. The molecular formula is C23H25F2N3O3. The number of imide groups is 1. The van der Waals surface area contributed by atoms with Gasteiger partial charge in [0, 0.05) is 13.6 Å². The van der Waals surface area contributed by atoms with Crippen LogP contribution in [0.15, 0.2) is 48.5 Å². The van der Waals surface area contributed by atoms with Crippen LogP contribution in [0.25, 0.3) is 0 Å². The average Bonchev–Trinajstić information content (AvgIpc) is 2.99. The van der Waals surface area contributed by atoms with Gasteiger partial charge in [-0.1, -0.05) is 44.0 Å². The Morgan fingerprint density at radius 2 is 1.61 bits per heavy atom. The number of benzene rings is 2. The summed E-state index contributed by atoms with van der Waals surface area (Å²) in [5, 5.41) is 2.74. The lowest BCUT2D eigenvalue weighted by molar-refractivity contribution is -0.139. The van der Waals surface area contributed by atoms with Gasteiger partial charge in [-0.05, 0) is 41.8 Å². The second-order valence-corrected chi connectivity index (χ2v) is 7.71. The number of unbranched alkanes of at least 4 members (excludes halogenated alkanes) is 1. The smallest absolute Gasteiger partial charge is 0.325 e. The van der Waals surface area contributed by atoms with E-state index in [1.54, 1.807) is 19.2 Å². The molecule has 0 radical (unpaired) electrons. The maximum absolute atomic E-state index is 13.4. The van der Waals surface area contributed by atoms with Gasteiger partial charge in [-0.25, -0.2) is 13.6 Å². The molecule has 1 aliphatic rings. The molecule has 1 fully saturated rings. The Hall–Kier alpha value is -3.29. The highest BCUT2D eigenvalue weighted by molar-refractivity contribution is 6.09. The molecule has 1 heterocycles. The van der Waals surface area contributed by atoms with Gasteiger partial charge in [0.25, 0.3) is 5.91 Å². The molecule has 0 bridgehead atoms. The quantitative estimate of drug-likeness (QED) is 0.653. The Balaban J connectivity index is 1.77. The maximum atomic E-state index is 13.4. The van der Waals surface area contributed by atoms with E-state index in [1.807, 2.05) is 6.92 Å². The molecule has 1 unspecified atom stereocenters. The first-order valence-electron chi connectivity index (χ1n) is 10.2. The second kappa shape index (κ2) is 9.24. The highest BCUT2D eigenvalue weighted by Gasteiger charge is 2.52. The molecule has 2 aromatic carbocycles. The predicted molar refractivity (Wildman–Crippen MR) is 111 cm³/mol. The minimum atomic E-state index is -1.32. The van der Waals surface area contributed by atoms with Gasteiger partial charge in [0.05, 0.1) is 0 Å². The van der Waals surface area contributed by atoms with Crippen LogP contribution in [0.1, 0.15) is 37.3 Å². The molecule has 4 amide bonds. The van der Waals surface area contributed by atoms with Crippen molar-refractivity contribution < 1.29 is 23.2 Å². The second-order valence-electron chi connectivity index (χ2n) is 7.71. The monoisotopic (exact) mass is 429 g/mol. The van der Waals surface area contributed by atoms with Crippen LogP contribution in [-0.4, -0.2) is 41.2 Å². The molecule has 3 rings (SSSR count). The first-order valence-corrected chi connectivity index (χ1v) is 10.2. The van der Waals surface area contributed by atoms with Gasteiger partial charge >= 0.3 is 6.03 Å². The molecule has 0 spiro atoms. The van der Waals surface area contributed by atoms with Crippen molar-refractivity contribution in [2.75, 3.05) is 13.6 Å². The summed E-state index contributed by atoms with van der Waals surface area (Å²) in [4.78, 5) is 41.0. The van der Waals surface area contributed by atoms with Gasteiger partial charge in [-0.15, -0.1) is 0 Å². The number of carbonyl (C=O) groups excluding carboxylic acids is 3. The first-order chi connectivity index (χ1) is 14.8. The molecule has 1 atom stereocenters. The van der Waals surface area contributed by atoms with Crippen molar-refractivity contribution in [2.45, 2.75) is 38.3 Å². The molecule has 8 heteroatoms. The van der Waals surface area contributed by atoms with Gasteiger partial charge in [-0.2, -0.15) is 0 Å². The van der Waals surface area contributed by atoms with Crippen molar-refractivity contribution in [3.63, 3.8) is 0 Å². The minimum absolute atomic E-state index is 0.210. The van der Waals surface area contributed by atoms with Crippen molar-refractivity contribution in [2.24, 2.45) is 0 Å². The predicted octanol–water partition coefficient (Wildman–Crippen LogP) is 3.56. The molecule has 1 saturated heterocycles. The van der Waals surface area contributed by atoms with E-state index < -0.39 is 35.7 Å². The molecule has 1 aliphatic heterocycles. The van der Waals surface area contributed by atoms with Gasteiger partial charge < -0.3 is 10.2 Å². The first kappa shape index (κ1) is 22.4. The summed E-state index contributed by atoms with van der Waals surface area (Å²) in [5.74, 6) is -1.78. The molecule has 6 nitrogen and oxygen atoms in total. The summed E-state index contributed by atoms with van der Waals surface area (Å²) in [6.45, 7) is 1.75. The highest BCUT2D eigenvalue weighted by Crippen LogP contribution is 2.34. The van der Waals surface area contributed by atoms with Gasteiger partial charge in [0.1, 0.15) is 23.7 Å². The Morgan fingerprint density at radius 3 is 2.19 bits per heavy atom. The number of nitrogens with zero attached hydrogens (tertiary/aromatic N) is 2. The van der Waals surface area contributed by atoms with Crippen LogP contribution in [0.4, 0.5) is 13.6 Å². The number of halogens is 2. The lowest BCUT2D eigenvalue weighted by Crippen LogP contribution is -2.45. The molecule has 0 saturated carbocycles. The topological polar surface area (TPSA) is 69.7 Å². The van der Waals surface area contributed by atoms with Crippen LogP contribution in [-0.2, 0) is 21.7 Å². The van der Waals surface area contributed by atoms with Crippen molar-refractivity contribution >= 4 is 17.8 Å². The summed E-state index contributed by atoms with van der Waals surface area (Å²) in [6, 6.07) is 10.5. The molecular weight excluding hydrogens is 404 g/mol. The van der Waals surface area contributed by atoms with Crippen molar-refractivity contribution in [1.82, 2.24) is 15.1 Å². The number of hydrogen-bond donors (Lipinski definition) is 1. The highest BCUT2D eigenvalue weighted by atomic mass is 19.1. The van der Waals surface area contributed by atoms with Crippen LogP contribution >= 0.6 is 0 Å². The molecule has 164 valence electrons. The van der Waals surface area contributed by atoms with Crippen LogP contribution in [0, 0.1) is 11.6 Å². The van der Waals surface area contributed by atoms with Gasteiger partial charge in [0.2, 0.25) is 5.91 Å². The van der Waals surface area contributed by atoms with E-state index in [-0.39, 0.29) is 12.4 Å². The zero-order valence-corrected chi connectivity index (χ0v) is 17.5. The Labute approximate surface area is 179 Å². The van der Waals surface area contributed by atoms with Gasteiger partial charge in [-0.3, -0.25) is 14.5 Å². The van der Waals surface area contributed by atoms with E-state index >= 15 is 0 Å². The zero-order chi connectivity index (χ0) is 22.6. The lowest BCUT2D eigenvalue weighted by atomic mass is 9.85. The van der Waals surface area contributed by atoms with Crippen LogP contribution < -0.4 is 5.32 Å². The summed E-state index contributed by atoms with van der Waals surface area (Å²) in [6.07, 6.45) is 1.80. The fourth-order valence-corrected chi connectivity index (χ4v) is 3.66. The van der Waals surface area contributed by atoms with E-state index in [4.69, 9.17) is 0 Å². The normalized spacial score (nSPS) is 18.3. The van der Waals surface area contributed by atoms with Crippen molar-refractivity contribution in [1.29, 1.82) is 0 Å². The van der Waals surface area contributed by atoms with E-state index in [1.165, 1.54) is 41.3 Å². The number of urea groups is 1. The summed E-state index contributed by atoms with van der Waals surface area (Å²) in [5.41, 5.74) is -0.121. The number of amides is 4. The summed E-state index contributed by atoms with van der Waals surface area (Å²) < 4.78 is 26.5. The average molecular weight is 429 g/mol. The molecule has 0 aliphatic carbocycles. The SMILES string of the molecule is CCCCC1(c2ccc(F)cc2)NC(=O)N(CC(=O)N(C)Cc2ccc(F)cc2)C1=O. The van der Waals surface area contributed by atoms with E-state index in [0.717, 1.165) is 16.9 Å². The standard InChI is InChI=1S/C23H25F2N3O3/c1-3-4-13-23(17-7-11-19(25)12-8-17)21(30)28(22(31)26-23)15-20(29)27(2)14-16-5-9-18(24)10-6-16/h5-12H,3-4,13-15H2,1-2H3,(H,26,31). The van der Waals surface area contributed by atoms with E-state index in [0.29, 0.717) is 18.4 Å². The Morgan fingerprint density at radius 1 is 1.03 bits per heavy atom.